The lowest BCUT2D eigenvalue weighted by molar-refractivity contribution is 0.0341. The van der Waals surface area contributed by atoms with Crippen LogP contribution in [0.2, 0.25) is 0 Å². The van der Waals surface area contributed by atoms with Crippen LogP contribution in [0.15, 0.2) is 0 Å². The number of thiazole rings is 1. The zero-order valence-corrected chi connectivity index (χ0v) is 14.3. The van der Waals surface area contributed by atoms with E-state index in [1.165, 1.54) is 6.42 Å². The highest BCUT2D eigenvalue weighted by atomic mass is 32.1. The fourth-order valence-corrected chi connectivity index (χ4v) is 4.26. The van der Waals surface area contributed by atoms with Crippen molar-refractivity contribution in [2.75, 3.05) is 39.4 Å². The van der Waals surface area contributed by atoms with Crippen molar-refractivity contribution in [3.8, 4) is 0 Å². The minimum absolute atomic E-state index is 0.176. The van der Waals surface area contributed by atoms with Crippen LogP contribution >= 0.6 is 11.3 Å². The number of hydrogen-bond acceptors (Lipinski definition) is 5. The Morgan fingerprint density at radius 3 is 2.86 bits per heavy atom. The minimum Gasteiger partial charge on any atom is -0.379 e. The van der Waals surface area contributed by atoms with Crippen molar-refractivity contribution in [3.63, 3.8) is 0 Å². The van der Waals surface area contributed by atoms with E-state index in [1.807, 2.05) is 11.8 Å². The molecule has 2 aliphatic heterocycles. The van der Waals surface area contributed by atoms with Gasteiger partial charge in [-0.2, -0.15) is 0 Å². The number of hydrogen-bond donors (Lipinski definition) is 0. The highest BCUT2D eigenvalue weighted by Crippen LogP contribution is 2.24. The number of amides is 1. The van der Waals surface area contributed by atoms with E-state index < -0.39 is 0 Å². The number of ether oxygens (including phenoxy) is 1. The Morgan fingerprint density at radius 2 is 2.14 bits per heavy atom. The molecule has 1 amide bonds. The average Bonchev–Trinajstić information content (AvgIpc) is 2.88. The van der Waals surface area contributed by atoms with Crippen molar-refractivity contribution < 1.29 is 9.53 Å². The molecule has 0 saturated carbocycles. The number of rotatable bonds is 3. The second-order valence-electron chi connectivity index (χ2n) is 6.41. The van der Waals surface area contributed by atoms with E-state index in [0.29, 0.717) is 5.92 Å². The highest BCUT2D eigenvalue weighted by molar-refractivity contribution is 7.13. The Balaban J connectivity index is 1.67. The molecule has 0 N–H and O–H groups in total. The third kappa shape index (κ3) is 3.67. The van der Waals surface area contributed by atoms with Gasteiger partial charge in [-0.3, -0.25) is 9.69 Å². The van der Waals surface area contributed by atoms with Crippen LogP contribution in [0, 0.1) is 12.8 Å². The maximum atomic E-state index is 12.7. The van der Waals surface area contributed by atoms with Gasteiger partial charge >= 0.3 is 0 Å². The first kappa shape index (κ1) is 15.9. The summed E-state index contributed by atoms with van der Waals surface area (Å²) in [5.74, 6) is 0.786. The van der Waals surface area contributed by atoms with Crippen molar-refractivity contribution in [1.82, 2.24) is 14.8 Å². The summed E-state index contributed by atoms with van der Waals surface area (Å²) in [7, 11) is 0. The van der Waals surface area contributed by atoms with E-state index in [-0.39, 0.29) is 5.91 Å². The monoisotopic (exact) mass is 323 g/mol. The molecule has 0 bridgehead atoms. The fourth-order valence-electron chi connectivity index (χ4n) is 3.19. The van der Waals surface area contributed by atoms with Crippen LogP contribution in [-0.2, 0) is 11.3 Å². The standard InChI is InChI=1S/C16H25N3O2S/c1-12-4-3-5-19(10-12)16(20)15-13(2)17-14(22-15)11-18-6-8-21-9-7-18/h12H,3-11H2,1-2H3. The Labute approximate surface area is 136 Å². The molecule has 2 saturated heterocycles. The van der Waals surface area contributed by atoms with Gasteiger partial charge in [-0.1, -0.05) is 6.92 Å². The molecule has 1 aromatic rings. The smallest absolute Gasteiger partial charge is 0.265 e. The summed E-state index contributed by atoms with van der Waals surface area (Å²) < 4.78 is 5.37. The Morgan fingerprint density at radius 1 is 1.36 bits per heavy atom. The van der Waals surface area contributed by atoms with Crippen LogP contribution < -0.4 is 0 Å². The van der Waals surface area contributed by atoms with Crippen molar-refractivity contribution in [1.29, 1.82) is 0 Å². The Hall–Kier alpha value is -0.980. The number of aromatic nitrogens is 1. The predicted molar refractivity (Wildman–Crippen MR) is 87.2 cm³/mol. The predicted octanol–water partition coefficient (Wildman–Crippen LogP) is 2.16. The summed E-state index contributed by atoms with van der Waals surface area (Å²) in [4.78, 5) is 22.5. The van der Waals surface area contributed by atoms with E-state index in [4.69, 9.17) is 4.74 Å². The fraction of sp³-hybridized carbons (Fsp3) is 0.750. The van der Waals surface area contributed by atoms with Crippen molar-refractivity contribution in [2.45, 2.75) is 33.2 Å². The lowest BCUT2D eigenvalue weighted by atomic mass is 10.0. The molecule has 0 aliphatic carbocycles. The number of likely N-dealkylation sites (tertiary alicyclic amines) is 1. The maximum Gasteiger partial charge on any atom is 0.265 e. The van der Waals surface area contributed by atoms with Gasteiger partial charge in [0, 0.05) is 26.2 Å². The molecule has 2 fully saturated rings. The van der Waals surface area contributed by atoms with Crippen LogP contribution in [-0.4, -0.2) is 60.1 Å². The molecule has 1 atom stereocenters. The van der Waals surface area contributed by atoms with Gasteiger partial charge in [0.05, 0.1) is 25.5 Å². The van der Waals surface area contributed by atoms with Crippen LogP contribution in [0.3, 0.4) is 0 Å². The van der Waals surface area contributed by atoms with E-state index in [9.17, 15) is 4.79 Å². The third-order valence-electron chi connectivity index (χ3n) is 4.44. The molecule has 122 valence electrons. The van der Waals surface area contributed by atoms with Crippen LogP contribution in [0.5, 0.6) is 0 Å². The molecule has 5 nitrogen and oxygen atoms in total. The quantitative estimate of drug-likeness (QED) is 0.855. The summed E-state index contributed by atoms with van der Waals surface area (Å²) >= 11 is 1.57. The van der Waals surface area contributed by atoms with Crippen LogP contribution in [0.4, 0.5) is 0 Å². The zero-order chi connectivity index (χ0) is 15.5. The van der Waals surface area contributed by atoms with E-state index in [2.05, 4.69) is 16.8 Å². The van der Waals surface area contributed by atoms with Gasteiger partial charge in [-0.05, 0) is 25.7 Å². The van der Waals surface area contributed by atoms with Gasteiger partial charge in [0.15, 0.2) is 0 Å². The Kier molecular flexibility index (Phi) is 5.10. The lowest BCUT2D eigenvalue weighted by Crippen LogP contribution is -2.39. The van der Waals surface area contributed by atoms with Gasteiger partial charge in [0.25, 0.3) is 5.91 Å². The largest absolute Gasteiger partial charge is 0.379 e. The topological polar surface area (TPSA) is 45.7 Å². The van der Waals surface area contributed by atoms with Crippen molar-refractivity contribution >= 4 is 17.2 Å². The van der Waals surface area contributed by atoms with Crippen molar-refractivity contribution in [2.24, 2.45) is 5.92 Å². The molecular weight excluding hydrogens is 298 g/mol. The second kappa shape index (κ2) is 7.06. The minimum atomic E-state index is 0.176. The molecule has 2 aliphatic rings. The average molecular weight is 323 g/mol. The molecular formula is C16H25N3O2S. The second-order valence-corrected chi connectivity index (χ2v) is 7.49. The third-order valence-corrected chi connectivity index (χ3v) is 5.57. The van der Waals surface area contributed by atoms with E-state index in [0.717, 1.165) is 67.9 Å². The maximum absolute atomic E-state index is 12.7. The first-order valence-electron chi connectivity index (χ1n) is 8.19. The molecule has 3 rings (SSSR count). The number of nitrogens with zero attached hydrogens (tertiary/aromatic N) is 3. The summed E-state index contributed by atoms with van der Waals surface area (Å²) in [6.07, 6.45) is 2.35. The first-order valence-corrected chi connectivity index (χ1v) is 9.01. The van der Waals surface area contributed by atoms with Crippen molar-refractivity contribution in [3.05, 3.63) is 15.6 Å². The molecule has 6 heteroatoms. The normalized spacial score (nSPS) is 23.7. The number of carbonyl (C=O) groups is 1. The molecule has 22 heavy (non-hydrogen) atoms. The van der Waals surface area contributed by atoms with Crippen LogP contribution in [0.25, 0.3) is 0 Å². The molecule has 3 heterocycles. The molecule has 0 aromatic carbocycles. The Bertz CT molecular complexity index is 525. The van der Waals surface area contributed by atoms with Gasteiger partial charge in [-0.25, -0.2) is 4.98 Å². The van der Waals surface area contributed by atoms with E-state index >= 15 is 0 Å². The van der Waals surface area contributed by atoms with E-state index in [1.54, 1.807) is 11.3 Å². The summed E-state index contributed by atoms with van der Waals surface area (Å²) in [6.45, 7) is 10.3. The molecule has 0 radical (unpaired) electrons. The zero-order valence-electron chi connectivity index (χ0n) is 13.5. The van der Waals surface area contributed by atoms with Crippen LogP contribution in [0.1, 0.15) is 40.1 Å². The number of morpholine rings is 1. The summed E-state index contributed by atoms with van der Waals surface area (Å²) in [5, 5.41) is 1.05. The van der Waals surface area contributed by atoms with Gasteiger partial charge in [0.1, 0.15) is 9.88 Å². The highest BCUT2D eigenvalue weighted by Gasteiger charge is 2.25. The summed E-state index contributed by atoms with van der Waals surface area (Å²) in [6, 6.07) is 0. The van der Waals surface area contributed by atoms with Gasteiger partial charge in [-0.15, -0.1) is 11.3 Å². The SMILES string of the molecule is Cc1nc(CN2CCOCC2)sc1C(=O)N1CCCC(C)C1. The first-order chi connectivity index (χ1) is 10.6. The molecule has 0 spiro atoms. The summed E-state index contributed by atoms with van der Waals surface area (Å²) in [5.41, 5.74) is 0.886. The lowest BCUT2D eigenvalue weighted by Gasteiger charge is -2.30. The molecule has 1 unspecified atom stereocenters. The number of carbonyl (C=O) groups excluding carboxylic acids is 1. The number of aryl methyl sites for hydroxylation is 1. The van der Waals surface area contributed by atoms with Gasteiger partial charge < -0.3 is 9.64 Å². The van der Waals surface area contributed by atoms with Gasteiger partial charge in [0.2, 0.25) is 0 Å². The molecule has 1 aromatic heterocycles. The number of piperidine rings is 1.